The Bertz CT molecular complexity index is 537. The quantitative estimate of drug-likeness (QED) is 0.684. The second-order valence-electron chi connectivity index (χ2n) is 3.25. The smallest absolute Gasteiger partial charge is 0.446 e. The number of hydrogen-bond donors (Lipinski definition) is 1. The van der Waals surface area contributed by atoms with Crippen LogP contribution in [0, 0.1) is 11.3 Å². The van der Waals surface area contributed by atoms with Crippen LogP contribution >= 0.6 is 11.8 Å². The number of rotatable bonds is 3. The molecule has 4 nitrogen and oxygen atoms in total. The summed E-state index contributed by atoms with van der Waals surface area (Å²) >= 11 is -0.493. The lowest BCUT2D eigenvalue weighted by molar-refractivity contribution is -0.0328. The molecule has 0 radical (unpaired) electrons. The van der Waals surface area contributed by atoms with Gasteiger partial charge in [-0.2, -0.15) is 18.4 Å². The Labute approximate surface area is 110 Å². The zero-order valence-electron chi connectivity index (χ0n) is 9.61. The molecule has 0 heterocycles. The topological polar surface area (TPSA) is 70.3 Å². The first kappa shape index (κ1) is 15.2. The van der Waals surface area contributed by atoms with Gasteiger partial charge >= 0.3 is 11.5 Å². The van der Waals surface area contributed by atoms with Crippen molar-refractivity contribution in [3.63, 3.8) is 0 Å². The minimum Gasteiger partial charge on any atom is -0.506 e. The number of aromatic hydroxyl groups is 1. The number of carbonyl (C=O) groups is 1. The number of thioether (sulfide) groups is 1. The minimum absolute atomic E-state index is 0.00110. The average Bonchev–Trinajstić information content (AvgIpc) is 2.26. The standard InChI is InChI=1S/C11H8F3NO3S/c1-2-18-10(17)7-3-6(19-11(12,13)14)4-9(16)8(7)5-15/h3-4,16H,2H2,1H3. The van der Waals surface area contributed by atoms with Gasteiger partial charge in [0.15, 0.2) is 0 Å². The first-order valence-electron chi connectivity index (χ1n) is 4.98. The summed E-state index contributed by atoms with van der Waals surface area (Å²) in [6.07, 6.45) is 0. The summed E-state index contributed by atoms with van der Waals surface area (Å²) in [6, 6.07) is 3.20. The predicted molar refractivity (Wildman–Crippen MR) is 60.7 cm³/mol. The molecule has 0 aliphatic rings. The zero-order valence-corrected chi connectivity index (χ0v) is 10.4. The van der Waals surface area contributed by atoms with Crippen molar-refractivity contribution in [3.8, 4) is 11.8 Å². The number of esters is 1. The summed E-state index contributed by atoms with van der Waals surface area (Å²) in [5, 5.41) is 18.3. The van der Waals surface area contributed by atoms with Crippen molar-refractivity contribution in [2.75, 3.05) is 6.61 Å². The van der Waals surface area contributed by atoms with E-state index in [1.165, 1.54) is 6.92 Å². The van der Waals surface area contributed by atoms with Gasteiger partial charge in [0, 0.05) is 4.90 Å². The number of halogens is 3. The summed E-state index contributed by atoms with van der Waals surface area (Å²) in [6.45, 7) is 1.51. The lowest BCUT2D eigenvalue weighted by Crippen LogP contribution is -2.08. The third kappa shape index (κ3) is 4.06. The summed E-state index contributed by atoms with van der Waals surface area (Å²) < 4.78 is 41.3. The fraction of sp³-hybridized carbons (Fsp3) is 0.273. The largest absolute Gasteiger partial charge is 0.506 e. The van der Waals surface area contributed by atoms with Gasteiger partial charge in [-0.15, -0.1) is 0 Å². The summed E-state index contributed by atoms with van der Waals surface area (Å²) in [7, 11) is 0. The van der Waals surface area contributed by atoms with Crippen molar-refractivity contribution in [2.24, 2.45) is 0 Å². The molecule has 1 rings (SSSR count). The van der Waals surface area contributed by atoms with E-state index in [0.717, 1.165) is 12.1 Å². The van der Waals surface area contributed by atoms with Crippen LogP contribution in [0.3, 0.4) is 0 Å². The van der Waals surface area contributed by atoms with Crippen LogP contribution in [0.1, 0.15) is 22.8 Å². The van der Waals surface area contributed by atoms with Crippen LogP contribution in [0.2, 0.25) is 0 Å². The van der Waals surface area contributed by atoms with Crippen LogP contribution in [-0.2, 0) is 4.74 Å². The molecule has 0 aliphatic heterocycles. The highest BCUT2D eigenvalue weighted by molar-refractivity contribution is 8.00. The number of benzene rings is 1. The van der Waals surface area contributed by atoms with E-state index in [1.807, 2.05) is 0 Å². The molecule has 19 heavy (non-hydrogen) atoms. The molecular formula is C11H8F3NO3S. The van der Waals surface area contributed by atoms with E-state index in [9.17, 15) is 23.1 Å². The number of phenolic OH excluding ortho intramolecular Hbond substituents is 1. The normalized spacial score (nSPS) is 10.9. The number of hydrogen-bond acceptors (Lipinski definition) is 5. The SMILES string of the molecule is CCOC(=O)c1cc(SC(F)(F)F)cc(O)c1C#N. The minimum atomic E-state index is -4.56. The molecule has 0 saturated heterocycles. The third-order valence-corrected chi connectivity index (χ3v) is 2.63. The van der Waals surface area contributed by atoms with E-state index in [1.54, 1.807) is 6.07 Å². The van der Waals surface area contributed by atoms with Crippen molar-refractivity contribution in [3.05, 3.63) is 23.3 Å². The summed E-state index contributed by atoms with van der Waals surface area (Å²) in [5.74, 6) is -1.65. The maximum absolute atomic E-state index is 12.2. The van der Waals surface area contributed by atoms with Gasteiger partial charge in [0.25, 0.3) is 0 Å². The molecule has 0 saturated carbocycles. The molecular weight excluding hydrogens is 283 g/mol. The molecule has 0 aromatic heterocycles. The Morgan fingerprint density at radius 3 is 2.63 bits per heavy atom. The molecule has 0 bridgehead atoms. The highest BCUT2D eigenvalue weighted by Crippen LogP contribution is 2.39. The van der Waals surface area contributed by atoms with E-state index in [-0.39, 0.29) is 6.61 Å². The maximum Gasteiger partial charge on any atom is 0.446 e. The Morgan fingerprint density at radius 1 is 1.53 bits per heavy atom. The van der Waals surface area contributed by atoms with Crippen molar-refractivity contribution in [2.45, 2.75) is 17.3 Å². The van der Waals surface area contributed by atoms with E-state index in [0.29, 0.717) is 0 Å². The number of nitriles is 1. The number of phenols is 1. The molecule has 0 fully saturated rings. The van der Waals surface area contributed by atoms with Crippen LogP contribution in [-0.4, -0.2) is 23.2 Å². The molecule has 0 spiro atoms. The molecule has 1 N–H and O–H groups in total. The number of ether oxygens (including phenoxy) is 1. The van der Waals surface area contributed by atoms with Gasteiger partial charge in [-0.05, 0) is 30.8 Å². The van der Waals surface area contributed by atoms with Crippen molar-refractivity contribution in [1.29, 1.82) is 5.26 Å². The third-order valence-electron chi connectivity index (χ3n) is 1.93. The van der Waals surface area contributed by atoms with E-state index >= 15 is 0 Å². The molecule has 0 unspecified atom stereocenters. The van der Waals surface area contributed by atoms with Crippen LogP contribution in [0.4, 0.5) is 13.2 Å². The van der Waals surface area contributed by atoms with Gasteiger partial charge in [-0.25, -0.2) is 4.79 Å². The van der Waals surface area contributed by atoms with Crippen molar-refractivity contribution in [1.82, 2.24) is 0 Å². The second-order valence-corrected chi connectivity index (χ2v) is 4.38. The Hall–Kier alpha value is -1.88. The van der Waals surface area contributed by atoms with Gasteiger partial charge in [-0.3, -0.25) is 0 Å². The monoisotopic (exact) mass is 291 g/mol. The molecule has 102 valence electrons. The fourth-order valence-electron chi connectivity index (χ4n) is 1.28. The zero-order chi connectivity index (χ0) is 14.6. The van der Waals surface area contributed by atoms with Crippen molar-refractivity contribution >= 4 is 17.7 Å². The Kier molecular flexibility index (Phi) is 4.67. The van der Waals surface area contributed by atoms with E-state index in [2.05, 4.69) is 4.74 Å². The number of nitrogens with zero attached hydrogens (tertiary/aromatic N) is 1. The summed E-state index contributed by atoms with van der Waals surface area (Å²) in [5.41, 5.74) is -5.37. The Balaban J connectivity index is 3.27. The van der Waals surface area contributed by atoms with Crippen LogP contribution in [0.15, 0.2) is 17.0 Å². The predicted octanol–water partition coefficient (Wildman–Crippen LogP) is 3.05. The molecule has 1 aromatic rings. The molecule has 0 amide bonds. The lowest BCUT2D eigenvalue weighted by Gasteiger charge is -2.10. The van der Waals surface area contributed by atoms with Gasteiger partial charge in [0.05, 0.1) is 12.2 Å². The number of alkyl halides is 3. The van der Waals surface area contributed by atoms with E-state index < -0.39 is 45.0 Å². The van der Waals surface area contributed by atoms with E-state index in [4.69, 9.17) is 5.26 Å². The molecule has 8 heteroatoms. The van der Waals surface area contributed by atoms with Gasteiger partial charge in [0.1, 0.15) is 17.4 Å². The average molecular weight is 291 g/mol. The highest BCUT2D eigenvalue weighted by atomic mass is 32.2. The Morgan fingerprint density at radius 2 is 2.16 bits per heavy atom. The molecule has 1 aromatic carbocycles. The van der Waals surface area contributed by atoms with Crippen LogP contribution < -0.4 is 0 Å². The maximum atomic E-state index is 12.2. The first-order valence-corrected chi connectivity index (χ1v) is 5.80. The fourth-order valence-corrected chi connectivity index (χ4v) is 1.90. The summed E-state index contributed by atoms with van der Waals surface area (Å²) in [4.78, 5) is 11.1. The molecule has 0 aliphatic carbocycles. The van der Waals surface area contributed by atoms with Gasteiger partial charge < -0.3 is 9.84 Å². The van der Waals surface area contributed by atoms with Crippen LogP contribution in [0.25, 0.3) is 0 Å². The number of carbonyl (C=O) groups excluding carboxylic acids is 1. The highest BCUT2D eigenvalue weighted by Gasteiger charge is 2.30. The van der Waals surface area contributed by atoms with Gasteiger partial charge in [-0.1, -0.05) is 0 Å². The molecule has 0 atom stereocenters. The van der Waals surface area contributed by atoms with Crippen LogP contribution in [0.5, 0.6) is 5.75 Å². The van der Waals surface area contributed by atoms with Crippen molar-refractivity contribution < 1.29 is 27.8 Å². The first-order chi connectivity index (χ1) is 8.78. The lowest BCUT2D eigenvalue weighted by atomic mass is 10.1. The van der Waals surface area contributed by atoms with Gasteiger partial charge in [0.2, 0.25) is 0 Å². The second kappa shape index (κ2) is 5.84.